The van der Waals surface area contributed by atoms with Crippen LogP contribution in [0.4, 0.5) is 0 Å². The summed E-state index contributed by atoms with van der Waals surface area (Å²) >= 11 is 0. The van der Waals surface area contributed by atoms with Crippen LogP contribution in [0, 0.1) is 6.92 Å². The maximum absolute atomic E-state index is 12.8. The van der Waals surface area contributed by atoms with Crippen molar-refractivity contribution in [1.29, 1.82) is 0 Å². The fraction of sp³-hybridized carbons (Fsp3) is 0.429. The van der Waals surface area contributed by atoms with Gasteiger partial charge in [-0.3, -0.25) is 4.18 Å². The molecule has 2 heterocycles. The molecule has 0 aromatic heterocycles. The Morgan fingerprint density at radius 1 is 1.03 bits per heavy atom. The lowest BCUT2D eigenvalue weighted by molar-refractivity contribution is -0.354. The van der Waals surface area contributed by atoms with Crippen molar-refractivity contribution in [3.8, 4) is 0 Å². The van der Waals surface area contributed by atoms with Gasteiger partial charge in [-0.1, -0.05) is 48.0 Å². The zero-order valence-electron chi connectivity index (χ0n) is 16.6. The van der Waals surface area contributed by atoms with E-state index in [1.165, 1.54) is 19.2 Å². The standard InChI is InChI=1S/C21H24O8S/c1-13-8-10-15(11-9-13)30(23,24)29-19-17(22)18-16(27-21(19)25-2)12-26-20(28-18)14-6-4-3-5-7-14/h3-11,16-22H,12H2,1-2H3/t16-,17+,18+,19+,20+,21-/m1/s1. The Labute approximate surface area is 175 Å². The molecule has 0 saturated carbocycles. The van der Waals surface area contributed by atoms with Crippen LogP contribution in [0.25, 0.3) is 0 Å². The minimum Gasteiger partial charge on any atom is -0.387 e. The summed E-state index contributed by atoms with van der Waals surface area (Å²) in [4.78, 5) is -0.0210. The number of ether oxygens (including phenoxy) is 4. The smallest absolute Gasteiger partial charge is 0.297 e. The van der Waals surface area contributed by atoms with Crippen molar-refractivity contribution in [2.24, 2.45) is 0 Å². The zero-order chi connectivity index (χ0) is 21.3. The molecule has 8 nitrogen and oxygen atoms in total. The van der Waals surface area contributed by atoms with E-state index in [0.29, 0.717) is 0 Å². The molecular weight excluding hydrogens is 412 g/mol. The minimum absolute atomic E-state index is 0.0210. The van der Waals surface area contributed by atoms with Crippen LogP contribution in [0.2, 0.25) is 0 Å². The average Bonchev–Trinajstić information content (AvgIpc) is 2.76. The molecule has 0 radical (unpaired) electrons. The minimum atomic E-state index is -4.16. The van der Waals surface area contributed by atoms with E-state index in [4.69, 9.17) is 23.1 Å². The Morgan fingerprint density at radius 3 is 2.40 bits per heavy atom. The number of methoxy groups -OCH3 is 1. The quantitative estimate of drug-likeness (QED) is 0.710. The molecule has 0 aliphatic carbocycles. The highest BCUT2D eigenvalue weighted by Crippen LogP contribution is 2.36. The van der Waals surface area contributed by atoms with Gasteiger partial charge in [0.25, 0.3) is 10.1 Å². The molecular formula is C21H24O8S. The topological polar surface area (TPSA) is 101 Å². The highest BCUT2D eigenvalue weighted by Gasteiger charge is 2.51. The predicted molar refractivity (Wildman–Crippen MR) is 105 cm³/mol. The van der Waals surface area contributed by atoms with E-state index in [2.05, 4.69) is 0 Å². The van der Waals surface area contributed by atoms with Crippen LogP contribution in [-0.4, -0.2) is 57.9 Å². The third-order valence-corrected chi connectivity index (χ3v) is 6.49. The zero-order valence-corrected chi connectivity index (χ0v) is 17.4. The summed E-state index contributed by atoms with van der Waals surface area (Å²) in [6, 6.07) is 15.5. The van der Waals surface area contributed by atoms with Crippen molar-refractivity contribution in [1.82, 2.24) is 0 Å². The van der Waals surface area contributed by atoms with Gasteiger partial charge < -0.3 is 24.1 Å². The molecule has 6 atom stereocenters. The van der Waals surface area contributed by atoms with Crippen LogP contribution < -0.4 is 0 Å². The van der Waals surface area contributed by atoms with Gasteiger partial charge in [0.2, 0.25) is 0 Å². The van der Waals surface area contributed by atoms with Gasteiger partial charge in [0, 0.05) is 12.7 Å². The van der Waals surface area contributed by atoms with E-state index in [1.54, 1.807) is 12.1 Å². The largest absolute Gasteiger partial charge is 0.387 e. The Balaban J connectivity index is 1.55. The maximum atomic E-state index is 12.8. The predicted octanol–water partition coefficient (Wildman–Crippen LogP) is 1.92. The first kappa shape index (κ1) is 21.4. The van der Waals surface area contributed by atoms with Crippen molar-refractivity contribution in [2.75, 3.05) is 13.7 Å². The second kappa shape index (κ2) is 8.72. The van der Waals surface area contributed by atoms with Gasteiger partial charge in [-0.2, -0.15) is 8.42 Å². The third kappa shape index (κ3) is 4.28. The van der Waals surface area contributed by atoms with Crippen molar-refractivity contribution < 1.29 is 36.7 Å². The summed E-state index contributed by atoms with van der Waals surface area (Å²) in [5, 5.41) is 11.0. The summed E-state index contributed by atoms with van der Waals surface area (Å²) in [6.45, 7) is 2.00. The van der Waals surface area contributed by atoms with Gasteiger partial charge in [-0.15, -0.1) is 0 Å². The molecule has 2 fully saturated rings. The Hall–Kier alpha value is -1.85. The number of aliphatic hydroxyl groups is 1. The fourth-order valence-corrected chi connectivity index (χ4v) is 4.62. The summed E-state index contributed by atoms with van der Waals surface area (Å²) < 4.78 is 53.5. The molecule has 0 unspecified atom stereocenters. The van der Waals surface area contributed by atoms with Crippen LogP contribution in [0.15, 0.2) is 59.5 Å². The van der Waals surface area contributed by atoms with Crippen molar-refractivity contribution in [2.45, 2.75) is 48.8 Å². The first-order valence-electron chi connectivity index (χ1n) is 9.57. The van der Waals surface area contributed by atoms with Crippen LogP contribution in [0.5, 0.6) is 0 Å². The van der Waals surface area contributed by atoms with E-state index in [1.807, 2.05) is 37.3 Å². The van der Waals surface area contributed by atoms with Gasteiger partial charge in [0.05, 0.1) is 11.5 Å². The maximum Gasteiger partial charge on any atom is 0.297 e. The molecule has 9 heteroatoms. The lowest BCUT2D eigenvalue weighted by Crippen LogP contribution is -2.63. The molecule has 0 amide bonds. The van der Waals surface area contributed by atoms with Gasteiger partial charge in [0.1, 0.15) is 18.3 Å². The lowest BCUT2D eigenvalue weighted by atomic mass is 9.98. The SMILES string of the molecule is CO[C@@H]1O[C@@H]2CO[C@H](c3ccccc3)O[C@@H]2[C@H](O)[C@@H]1OS(=O)(=O)c1ccc(C)cc1. The number of hydrogen-bond donors (Lipinski definition) is 1. The number of aliphatic hydroxyl groups excluding tert-OH is 1. The van der Waals surface area contributed by atoms with Gasteiger partial charge in [-0.05, 0) is 19.1 Å². The number of fused-ring (bicyclic) bond motifs is 1. The Kier molecular flexibility index (Phi) is 6.21. The second-order valence-corrected chi connectivity index (χ2v) is 8.85. The molecule has 0 bridgehead atoms. The summed E-state index contributed by atoms with van der Waals surface area (Å²) in [6.07, 6.45) is -5.93. The number of hydrogen-bond acceptors (Lipinski definition) is 8. The summed E-state index contributed by atoms with van der Waals surface area (Å²) in [5.41, 5.74) is 1.69. The normalized spacial score (nSPS) is 31.8. The Bertz CT molecular complexity index is 947. The van der Waals surface area contributed by atoms with E-state index in [0.717, 1.165) is 11.1 Å². The van der Waals surface area contributed by atoms with Gasteiger partial charge in [0.15, 0.2) is 18.7 Å². The molecule has 2 saturated heterocycles. The van der Waals surface area contributed by atoms with Gasteiger partial charge in [-0.25, -0.2) is 0 Å². The van der Waals surface area contributed by atoms with Crippen LogP contribution in [0.1, 0.15) is 17.4 Å². The molecule has 162 valence electrons. The third-order valence-electron chi connectivity index (χ3n) is 5.16. The average molecular weight is 436 g/mol. The number of aryl methyl sites for hydroxylation is 1. The van der Waals surface area contributed by atoms with Crippen molar-refractivity contribution in [3.05, 3.63) is 65.7 Å². The fourth-order valence-electron chi connectivity index (χ4n) is 3.55. The van der Waals surface area contributed by atoms with Gasteiger partial charge >= 0.3 is 0 Å². The molecule has 2 aromatic rings. The van der Waals surface area contributed by atoms with Crippen LogP contribution in [0.3, 0.4) is 0 Å². The first-order chi connectivity index (χ1) is 14.4. The second-order valence-electron chi connectivity index (χ2n) is 7.27. The molecule has 30 heavy (non-hydrogen) atoms. The van der Waals surface area contributed by atoms with E-state index in [9.17, 15) is 13.5 Å². The van der Waals surface area contributed by atoms with Crippen molar-refractivity contribution >= 4 is 10.1 Å². The van der Waals surface area contributed by atoms with Crippen LogP contribution in [-0.2, 0) is 33.2 Å². The summed E-state index contributed by atoms with van der Waals surface area (Å²) in [5.74, 6) is 0. The lowest BCUT2D eigenvalue weighted by Gasteiger charge is -2.46. The molecule has 1 N–H and O–H groups in total. The molecule has 2 aliphatic heterocycles. The van der Waals surface area contributed by atoms with E-state index < -0.39 is 47.1 Å². The number of rotatable bonds is 5. The molecule has 2 aliphatic rings. The van der Waals surface area contributed by atoms with E-state index >= 15 is 0 Å². The van der Waals surface area contributed by atoms with Crippen molar-refractivity contribution in [3.63, 3.8) is 0 Å². The first-order valence-corrected chi connectivity index (χ1v) is 11.0. The molecule has 0 spiro atoms. The molecule has 2 aromatic carbocycles. The highest BCUT2D eigenvalue weighted by molar-refractivity contribution is 7.86. The monoisotopic (exact) mass is 436 g/mol. The Morgan fingerprint density at radius 2 is 1.73 bits per heavy atom. The van der Waals surface area contributed by atoms with E-state index in [-0.39, 0.29) is 11.5 Å². The summed E-state index contributed by atoms with van der Waals surface area (Å²) in [7, 11) is -2.81. The molecule has 4 rings (SSSR count). The highest BCUT2D eigenvalue weighted by atomic mass is 32.2. The number of benzene rings is 2. The van der Waals surface area contributed by atoms with Crippen LogP contribution >= 0.6 is 0 Å².